The molecule has 0 amide bonds. The van der Waals surface area contributed by atoms with Gasteiger partial charge in [-0.15, -0.1) is 0 Å². The van der Waals surface area contributed by atoms with Gasteiger partial charge >= 0.3 is 0 Å². The minimum absolute atomic E-state index is 0. The van der Waals surface area contributed by atoms with Crippen LogP contribution in [0.2, 0.25) is 15.1 Å². The molecule has 4 saturated heterocycles. The summed E-state index contributed by atoms with van der Waals surface area (Å²) in [5.41, 5.74) is 12.0. The van der Waals surface area contributed by atoms with Crippen molar-refractivity contribution in [1.29, 1.82) is 0 Å². The van der Waals surface area contributed by atoms with E-state index < -0.39 is 9.84 Å². The second-order valence-electron chi connectivity index (χ2n) is 30.5. The number of morpholine rings is 1. The van der Waals surface area contributed by atoms with Crippen LogP contribution in [0.1, 0.15) is 178 Å². The average Bonchev–Trinajstić information content (AvgIpc) is 0.801. The molecule has 6 heterocycles. The van der Waals surface area contributed by atoms with Gasteiger partial charge < -0.3 is 41.1 Å². The van der Waals surface area contributed by atoms with E-state index in [-0.39, 0.29) is 61.9 Å². The van der Waals surface area contributed by atoms with E-state index in [0.29, 0.717) is 70.4 Å². The molecule has 0 atom stereocenters. The number of nitrogens with zero attached hydrogens (tertiary/aromatic N) is 7. The molecule has 19 heteroatoms. The van der Waals surface area contributed by atoms with Gasteiger partial charge in [0.15, 0.2) is 22.0 Å². The maximum Gasteiger partial charge on any atom is 0.181 e. The van der Waals surface area contributed by atoms with Crippen molar-refractivity contribution >= 4 is 50.4 Å². The predicted octanol–water partition coefficient (Wildman–Crippen LogP) is 19.5. The number of carbonyl (C=O) groups excluding carboxylic acids is 1. The van der Waals surface area contributed by atoms with Crippen molar-refractivity contribution in [1.82, 2.24) is 34.5 Å². The number of aromatic nitrogens is 2. The number of oxazole rings is 1. The van der Waals surface area contributed by atoms with E-state index in [0.717, 1.165) is 117 Å². The molecule has 0 radical (unpaired) electrons. The van der Waals surface area contributed by atoms with Crippen molar-refractivity contribution < 1.29 is 63.3 Å². The van der Waals surface area contributed by atoms with Gasteiger partial charge in [0.2, 0.25) is 0 Å². The van der Waals surface area contributed by atoms with Gasteiger partial charge in [0.05, 0.1) is 47.5 Å². The Hall–Kier alpha value is -4.48. The van der Waals surface area contributed by atoms with Crippen molar-refractivity contribution in [3.8, 4) is 28.1 Å². The Labute approximate surface area is 679 Å². The third-order valence-corrected chi connectivity index (χ3v) is 20.5. The number of ketones is 1. The van der Waals surface area contributed by atoms with Gasteiger partial charge in [-0.2, -0.15) is 0 Å². The Morgan fingerprint density at radius 2 is 1.16 bits per heavy atom. The molecule has 14 nitrogen and oxygen atoms in total. The summed E-state index contributed by atoms with van der Waals surface area (Å²) in [5.74, 6) is 6.03. The molecule has 11 rings (SSSR count). The molecule has 7 aromatic rings. The number of likely N-dealkylation sites (N-methyl/N-ethyl adjacent to an activating group) is 1. The van der Waals surface area contributed by atoms with Gasteiger partial charge in [-0.05, 0) is 157 Å². The summed E-state index contributed by atoms with van der Waals surface area (Å²) in [6.07, 6.45) is 7.99. The number of piperazine rings is 1. The standard InChI is InChI=1S/C21H28O.C19H20ClNO3S.C12H12ClNO.C9H20N2.C9H19NO.C8H10ClN.C8H17NO.CH3.U/c1-6-22-21-18(14-15(2)3)12-13-19(16(4)5)20(21)17-10-8-7-9-11-17;20-18-7-5-17(6-8-18)19(22)13-15-1-3-16(4-2-15)14-21-9-11-25(23,24)12-10-21;1-8(2)9-3-4-11(13)10(5-9)12-6-15-7-14-12;1-9(2)8-11-6-4-10(3)5-7-11;1-8(2)7-10-5-3-9(11)4-6-10;1-6(2)8-4-3-7(9)5-10-8;1-8(2)7-9-3-5-10-6-4-9;;/h7-13,15-16H,6,14H2,1-5H3;1-8H,9-14H2;3-8H,1-2H3;9H,4-8H2,1-3H3;8-9,11H,3-7H2,1-2H3;3-6H,1-2H3;8H,3-7H2,1-2H3;1H3;/q;;;;;;;-1;. The number of benzene rings is 5. The minimum Gasteiger partial charge on any atom is -0.493 e. The van der Waals surface area contributed by atoms with Crippen LogP contribution in [-0.2, 0) is 34.0 Å². The summed E-state index contributed by atoms with van der Waals surface area (Å²) in [4.78, 5) is 32.5. The first-order chi connectivity index (χ1) is 49.5. The number of likely N-dealkylation sites (tertiary alicyclic amines) is 1. The zero-order valence-electron chi connectivity index (χ0n) is 67.2. The zero-order chi connectivity index (χ0) is 76.3. The first-order valence-electron chi connectivity index (χ1n) is 38.0. The first-order valence-corrected chi connectivity index (χ1v) is 41.0. The molecule has 1 N–H and O–H groups in total. The van der Waals surface area contributed by atoms with Crippen molar-refractivity contribution in [3.63, 3.8) is 0 Å². The van der Waals surface area contributed by atoms with Gasteiger partial charge in [-0.3, -0.25) is 19.6 Å². The molecule has 106 heavy (non-hydrogen) atoms. The van der Waals surface area contributed by atoms with Gasteiger partial charge in [0.1, 0.15) is 17.7 Å². The van der Waals surface area contributed by atoms with Crippen LogP contribution in [0.5, 0.6) is 5.75 Å². The molecular formula is C87H129Cl3N7O7SU-. The van der Waals surface area contributed by atoms with Gasteiger partial charge in [-0.25, -0.2) is 13.4 Å². The number of aliphatic hydroxyl groups is 1. The molecule has 2 aromatic heterocycles. The van der Waals surface area contributed by atoms with E-state index in [1.54, 1.807) is 36.7 Å². The number of rotatable bonds is 20. The molecule has 0 spiro atoms. The molecule has 586 valence electrons. The zero-order valence-corrected chi connectivity index (χ0v) is 74.5. The van der Waals surface area contributed by atoms with E-state index in [2.05, 4.69) is 194 Å². The Bertz CT molecular complexity index is 3560. The molecule has 0 aliphatic carbocycles. The summed E-state index contributed by atoms with van der Waals surface area (Å²) in [6.45, 7) is 50.7. The third kappa shape index (κ3) is 37.0. The van der Waals surface area contributed by atoms with Crippen LogP contribution in [0.15, 0.2) is 145 Å². The van der Waals surface area contributed by atoms with Crippen molar-refractivity contribution in [3.05, 3.63) is 202 Å². The second-order valence-corrected chi connectivity index (χ2v) is 34.1. The predicted molar refractivity (Wildman–Crippen MR) is 444 cm³/mol. The van der Waals surface area contributed by atoms with Crippen LogP contribution in [0.3, 0.4) is 0 Å². The van der Waals surface area contributed by atoms with E-state index in [1.165, 1.54) is 80.0 Å². The second kappa shape index (κ2) is 51.1. The van der Waals surface area contributed by atoms with E-state index in [1.807, 2.05) is 48.5 Å². The number of carbonyl (C=O) groups is 1. The molecule has 4 aliphatic rings. The number of sulfone groups is 1. The maximum atomic E-state index is 12.3. The largest absolute Gasteiger partial charge is 0.493 e. The molecule has 4 fully saturated rings. The number of hydrogen-bond donors (Lipinski definition) is 1. The fourth-order valence-corrected chi connectivity index (χ4v) is 14.2. The van der Waals surface area contributed by atoms with Crippen molar-refractivity contribution in [2.75, 3.05) is 123 Å². The van der Waals surface area contributed by atoms with Crippen LogP contribution in [0.4, 0.5) is 0 Å². The van der Waals surface area contributed by atoms with Crippen LogP contribution in [-0.4, -0.2) is 183 Å². The summed E-state index contributed by atoms with van der Waals surface area (Å²) in [5, 5.41) is 11.3. The van der Waals surface area contributed by atoms with E-state index in [4.69, 9.17) is 48.7 Å². The fourth-order valence-electron chi connectivity index (χ4n) is 12.4. The number of Topliss-reactive ketones (excluding diaryl/α,β-unsaturated/α-hetero) is 1. The van der Waals surface area contributed by atoms with E-state index >= 15 is 0 Å². The molecule has 0 unspecified atom stereocenters. The Balaban J connectivity index is 0.000000330. The Morgan fingerprint density at radius 3 is 1.66 bits per heavy atom. The molecule has 4 aliphatic heterocycles. The molecule has 0 saturated carbocycles. The molecule has 0 bridgehead atoms. The Kier molecular flexibility index (Phi) is 46.2. The number of pyridine rings is 1. The van der Waals surface area contributed by atoms with Gasteiger partial charge in [-0.1, -0.05) is 205 Å². The van der Waals surface area contributed by atoms with Crippen molar-refractivity contribution in [2.45, 2.75) is 160 Å². The first kappa shape index (κ1) is 95.7. The monoisotopic (exact) mass is 1760 g/mol. The number of halogens is 3. The fraction of sp³-hybridized carbons (Fsp3) is 0.540. The van der Waals surface area contributed by atoms with Gasteiger partial charge in [0.25, 0.3) is 0 Å². The summed E-state index contributed by atoms with van der Waals surface area (Å²) in [6, 6.07) is 39.9. The summed E-state index contributed by atoms with van der Waals surface area (Å²) in [7, 11) is -0.644. The third-order valence-electron chi connectivity index (χ3n) is 18.1. The topological polar surface area (TPSA) is 145 Å². The summed E-state index contributed by atoms with van der Waals surface area (Å²) >= 11 is 17.6. The smallest absolute Gasteiger partial charge is 0.181 e. The van der Waals surface area contributed by atoms with E-state index in [9.17, 15) is 18.3 Å². The van der Waals surface area contributed by atoms with Gasteiger partial charge in [0, 0.05) is 163 Å². The van der Waals surface area contributed by atoms with Crippen LogP contribution >= 0.6 is 34.8 Å². The number of aliphatic hydroxyl groups excluding tert-OH is 1. The molecular weight excluding hydrogens is 1630 g/mol. The summed E-state index contributed by atoms with van der Waals surface area (Å²) < 4.78 is 39.2. The normalized spacial score (nSPS) is 15.8. The average molecular weight is 1760 g/mol. The minimum atomic E-state index is -2.84. The van der Waals surface area contributed by atoms with Crippen LogP contribution in [0, 0.1) is 62.2 Å². The quantitative estimate of drug-likeness (QED) is 0.0571. The van der Waals surface area contributed by atoms with Crippen molar-refractivity contribution in [2.24, 2.45) is 23.7 Å². The number of ether oxygens (including phenoxy) is 2. The SMILES string of the molecule is CC(C)CN1CCC(O)CC1.CC(C)CN1CCN(C)CC1.CC(C)CN1CCOCC1.CC(C)c1ccc(Cl)c(-c2cocn2)c1.CC(C)c1ccc(Cl)cn1.CCOc1c(CC(C)C)ccc(C(C)C)c1-c1ccccc1.O=C(Cc1ccc(CN2CCS(=O)(=O)CC2)cc1)c1ccc(Cl)cc1.[CH3-].[U]. The number of piperidine rings is 1. The molecule has 5 aromatic carbocycles. The Morgan fingerprint density at radius 1 is 0.604 bits per heavy atom. The number of hydrogen-bond acceptors (Lipinski definition) is 14. The van der Waals surface area contributed by atoms with Crippen LogP contribution < -0.4 is 4.74 Å². The van der Waals surface area contributed by atoms with Crippen LogP contribution in [0.25, 0.3) is 22.4 Å². The maximum absolute atomic E-state index is 12.3.